The minimum atomic E-state index is 0.721. The van der Waals surface area contributed by atoms with Crippen LogP contribution in [-0.2, 0) is 6.42 Å². The van der Waals surface area contributed by atoms with E-state index in [0.29, 0.717) is 0 Å². The highest BCUT2D eigenvalue weighted by atomic mass is 15.1. The Morgan fingerprint density at radius 3 is 3.18 bits per heavy atom. The zero-order chi connectivity index (χ0) is 11.9. The van der Waals surface area contributed by atoms with Crippen molar-refractivity contribution in [1.82, 2.24) is 15.2 Å². The van der Waals surface area contributed by atoms with E-state index >= 15 is 0 Å². The first-order valence-corrected chi connectivity index (χ1v) is 6.65. The van der Waals surface area contributed by atoms with Crippen LogP contribution in [0.3, 0.4) is 0 Å². The van der Waals surface area contributed by atoms with Gasteiger partial charge in [-0.2, -0.15) is 0 Å². The van der Waals surface area contributed by atoms with Crippen LogP contribution in [0.5, 0.6) is 0 Å². The molecule has 3 heteroatoms. The monoisotopic (exact) mass is 233 g/mol. The topological polar surface area (TPSA) is 28.2 Å². The van der Waals surface area contributed by atoms with Crippen molar-refractivity contribution < 1.29 is 0 Å². The quantitative estimate of drug-likeness (QED) is 0.810. The molecule has 1 aromatic rings. The third-order valence-electron chi connectivity index (χ3n) is 3.42. The highest BCUT2D eigenvalue weighted by Gasteiger charge is 2.15. The van der Waals surface area contributed by atoms with Crippen LogP contribution < -0.4 is 5.32 Å². The van der Waals surface area contributed by atoms with Gasteiger partial charge in [0.1, 0.15) is 0 Å². The Morgan fingerprint density at radius 2 is 2.47 bits per heavy atom. The molecule has 1 atom stereocenters. The van der Waals surface area contributed by atoms with Gasteiger partial charge in [-0.05, 0) is 57.5 Å². The first-order valence-electron chi connectivity index (χ1n) is 6.65. The second-order valence-corrected chi connectivity index (χ2v) is 5.02. The lowest BCUT2D eigenvalue weighted by atomic mass is 10.1. The second-order valence-electron chi connectivity index (χ2n) is 5.02. The number of aromatic nitrogens is 1. The Morgan fingerprint density at radius 1 is 1.53 bits per heavy atom. The van der Waals surface area contributed by atoms with Crippen molar-refractivity contribution in [3.05, 3.63) is 30.1 Å². The van der Waals surface area contributed by atoms with Crippen LogP contribution in [-0.4, -0.2) is 42.6 Å². The average molecular weight is 233 g/mol. The van der Waals surface area contributed by atoms with Gasteiger partial charge in [0.2, 0.25) is 0 Å². The summed E-state index contributed by atoms with van der Waals surface area (Å²) in [5, 5.41) is 3.54. The fourth-order valence-corrected chi connectivity index (χ4v) is 2.48. The Kier molecular flexibility index (Phi) is 4.95. The Hall–Kier alpha value is -0.930. The largest absolute Gasteiger partial charge is 0.313 e. The SMILES string of the molecule is CN(CCCc1cccnc1)CC1CCCN1. The number of rotatable bonds is 6. The molecule has 0 saturated carbocycles. The number of likely N-dealkylation sites (N-methyl/N-ethyl adjacent to an activating group) is 1. The summed E-state index contributed by atoms with van der Waals surface area (Å²) in [4.78, 5) is 6.59. The fraction of sp³-hybridized carbons (Fsp3) is 0.643. The molecule has 1 N–H and O–H groups in total. The lowest BCUT2D eigenvalue weighted by Gasteiger charge is -2.20. The van der Waals surface area contributed by atoms with E-state index in [1.807, 2.05) is 18.5 Å². The molecular formula is C14H23N3. The summed E-state index contributed by atoms with van der Waals surface area (Å²) in [6.45, 7) is 3.56. The lowest BCUT2D eigenvalue weighted by molar-refractivity contribution is 0.297. The molecule has 3 nitrogen and oxygen atoms in total. The molecule has 0 aliphatic carbocycles. The Labute approximate surface area is 104 Å². The predicted octanol–water partition coefficient (Wildman–Crippen LogP) is 1.70. The zero-order valence-corrected chi connectivity index (χ0v) is 10.7. The molecule has 0 bridgehead atoms. The summed E-state index contributed by atoms with van der Waals surface area (Å²) in [6, 6.07) is 4.89. The van der Waals surface area contributed by atoms with Gasteiger partial charge in [0.05, 0.1) is 0 Å². The smallest absolute Gasteiger partial charge is 0.0299 e. The van der Waals surface area contributed by atoms with Crippen molar-refractivity contribution >= 4 is 0 Å². The van der Waals surface area contributed by atoms with Crippen molar-refractivity contribution in [3.63, 3.8) is 0 Å². The maximum Gasteiger partial charge on any atom is 0.0299 e. The number of hydrogen-bond acceptors (Lipinski definition) is 3. The van der Waals surface area contributed by atoms with Gasteiger partial charge in [-0.25, -0.2) is 0 Å². The van der Waals surface area contributed by atoms with E-state index in [-0.39, 0.29) is 0 Å². The first-order chi connectivity index (χ1) is 8.34. The summed E-state index contributed by atoms with van der Waals surface area (Å²) in [5.74, 6) is 0. The molecule has 1 unspecified atom stereocenters. The van der Waals surface area contributed by atoms with Gasteiger partial charge in [-0.3, -0.25) is 4.98 Å². The molecule has 0 radical (unpaired) electrons. The van der Waals surface area contributed by atoms with Gasteiger partial charge in [0, 0.05) is 25.0 Å². The minimum Gasteiger partial charge on any atom is -0.313 e. The third kappa shape index (κ3) is 4.44. The summed E-state index contributed by atoms with van der Waals surface area (Å²) in [6.07, 6.45) is 8.84. The second kappa shape index (κ2) is 6.72. The van der Waals surface area contributed by atoms with Crippen molar-refractivity contribution in [2.75, 3.05) is 26.7 Å². The van der Waals surface area contributed by atoms with Crippen LogP contribution >= 0.6 is 0 Å². The van der Waals surface area contributed by atoms with Crippen LogP contribution in [0.2, 0.25) is 0 Å². The van der Waals surface area contributed by atoms with E-state index < -0.39 is 0 Å². The third-order valence-corrected chi connectivity index (χ3v) is 3.42. The van der Waals surface area contributed by atoms with E-state index in [9.17, 15) is 0 Å². The van der Waals surface area contributed by atoms with Gasteiger partial charge in [-0.1, -0.05) is 6.07 Å². The van der Waals surface area contributed by atoms with Gasteiger partial charge in [0.25, 0.3) is 0 Å². The summed E-state index contributed by atoms with van der Waals surface area (Å²) in [7, 11) is 2.23. The molecule has 2 rings (SSSR count). The fourth-order valence-electron chi connectivity index (χ4n) is 2.48. The van der Waals surface area contributed by atoms with Gasteiger partial charge in [-0.15, -0.1) is 0 Å². The van der Waals surface area contributed by atoms with Crippen LogP contribution in [0.1, 0.15) is 24.8 Å². The molecule has 1 aliphatic rings. The molecular weight excluding hydrogens is 210 g/mol. The van der Waals surface area contributed by atoms with Crippen molar-refractivity contribution in [2.24, 2.45) is 0 Å². The summed E-state index contributed by atoms with van der Waals surface area (Å²) < 4.78 is 0. The maximum absolute atomic E-state index is 4.14. The summed E-state index contributed by atoms with van der Waals surface area (Å²) >= 11 is 0. The van der Waals surface area contributed by atoms with Crippen LogP contribution in [0, 0.1) is 0 Å². The van der Waals surface area contributed by atoms with E-state index in [1.165, 1.54) is 44.5 Å². The van der Waals surface area contributed by atoms with E-state index in [1.54, 1.807) is 0 Å². The van der Waals surface area contributed by atoms with Crippen molar-refractivity contribution in [3.8, 4) is 0 Å². The van der Waals surface area contributed by atoms with Crippen LogP contribution in [0.4, 0.5) is 0 Å². The Bertz CT molecular complexity index is 307. The number of pyridine rings is 1. The summed E-state index contributed by atoms with van der Waals surface area (Å²) in [5.41, 5.74) is 1.35. The van der Waals surface area contributed by atoms with Gasteiger partial charge < -0.3 is 10.2 Å². The number of aryl methyl sites for hydroxylation is 1. The van der Waals surface area contributed by atoms with E-state index in [4.69, 9.17) is 0 Å². The zero-order valence-electron chi connectivity index (χ0n) is 10.7. The molecule has 1 saturated heterocycles. The average Bonchev–Trinajstić information content (AvgIpc) is 2.83. The maximum atomic E-state index is 4.14. The van der Waals surface area contributed by atoms with Crippen molar-refractivity contribution in [1.29, 1.82) is 0 Å². The van der Waals surface area contributed by atoms with E-state index in [2.05, 4.69) is 28.3 Å². The standard InChI is InChI=1S/C14H23N3/c1-17(12-14-7-3-9-16-14)10-4-6-13-5-2-8-15-11-13/h2,5,8,11,14,16H,3-4,6-7,9-10,12H2,1H3. The number of nitrogens with zero attached hydrogens (tertiary/aromatic N) is 2. The van der Waals surface area contributed by atoms with Crippen molar-refractivity contribution in [2.45, 2.75) is 31.7 Å². The molecule has 0 spiro atoms. The van der Waals surface area contributed by atoms with E-state index in [0.717, 1.165) is 12.5 Å². The molecule has 2 heterocycles. The highest BCUT2D eigenvalue weighted by Crippen LogP contribution is 2.07. The number of hydrogen-bond donors (Lipinski definition) is 1. The lowest BCUT2D eigenvalue weighted by Crippen LogP contribution is -2.35. The molecule has 17 heavy (non-hydrogen) atoms. The molecule has 1 fully saturated rings. The van der Waals surface area contributed by atoms with Crippen LogP contribution in [0.25, 0.3) is 0 Å². The van der Waals surface area contributed by atoms with Crippen LogP contribution in [0.15, 0.2) is 24.5 Å². The molecule has 1 aliphatic heterocycles. The molecule has 1 aromatic heterocycles. The predicted molar refractivity (Wildman–Crippen MR) is 71.1 cm³/mol. The number of nitrogens with one attached hydrogen (secondary N) is 1. The molecule has 94 valence electrons. The van der Waals surface area contributed by atoms with Gasteiger partial charge in [0.15, 0.2) is 0 Å². The normalized spacial score (nSPS) is 20.0. The minimum absolute atomic E-state index is 0.721. The molecule has 0 aromatic carbocycles. The first kappa shape index (κ1) is 12.5. The molecule has 0 amide bonds. The highest BCUT2D eigenvalue weighted by molar-refractivity contribution is 5.08. The van der Waals surface area contributed by atoms with Gasteiger partial charge >= 0.3 is 0 Å². The Balaban J connectivity index is 1.61.